The van der Waals surface area contributed by atoms with Crippen molar-refractivity contribution in [3.05, 3.63) is 70.6 Å². The number of benzene rings is 1. The van der Waals surface area contributed by atoms with Gasteiger partial charge in [0, 0.05) is 36.5 Å². The van der Waals surface area contributed by atoms with Crippen molar-refractivity contribution in [1.29, 1.82) is 0 Å². The van der Waals surface area contributed by atoms with Crippen molar-refractivity contribution in [1.82, 2.24) is 19.2 Å². The number of hydrogen-bond acceptors (Lipinski definition) is 3. The Bertz CT molecular complexity index is 868. The molecule has 0 radical (unpaired) electrons. The standard InChI is InChI=1S/C22H27BrN4/c1-25(13-18-5-3-2-4-6-18)14-19-9-11-26(12-10-19)16-21-17-27-15-20(23)7-8-22(27)24-21/h2-8,15,17,19H,9-14,16H2,1H3. The first-order valence-corrected chi connectivity index (χ1v) is 10.5. The van der Waals surface area contributed by atoms with Gasteiger partial charge in [-0.05, 0) is 72.5 Å². The van der Waals surface area contributed by atoms with Crippen molar-refractivity contribution < 1.29 is 0 Å². The highest BCUT2D eigenvalue weighted by Crippen LogP contribution is 2.21. The van der Waals surface area contributed by atoms with E-state index in [9.17, 15) is 0 Å². The van der Waals surface area contributed by atoms with Crippen LogP contribution in [0.3, 0.4) is 0 Å². The summed E-state index contributed by atoms with van der Waals surface area (Å²) in [7, 11) is 2.24. The van der Waals surface area contributed by atoms with E-state index in [4.69, 9.17) is 4.98 Å². The maximum absolute atomic E-state index is 4.75. The summed E-state index contributed by atoms with van der Waals surface area (Å²) in [4.78, 5) is 9.77. The van der Waals surface area contributed by atoms with Crippen molar-refractivity contribution in [2.45, 2.75) is 25.9 Å². The minimum Gasteiger partial charge on any atom is -0.306 e. The molecule has 4 nitrogen and oxygen atoms in total. The van der Waals surface area contributed by atoms with E-state index >= 15 is 0 Å². The number of imidazole rings is 1. The van der Waals surface area contributed by atoms with Crippen LogP contribution in [0.15, 0.2) is 59.3 Å². The van der Waals surface area contributed by atoms with Gasteiger partial charge in [-0.1, -0.05) is 30.3 Å². The van der Waals surface area contributed by atoms with Crippen molar-refractivity contribution in [3.8, 4) is 0 Å². The van der Waals surface area contributed by atoms with E-state index in [0.29, 0.717) is 0 Å². The maximum atomic E-state index is 4.75. The average Bonchev–Trinajstić information content (AvgIpc) is 3.05. The summed E-state index contributed by atoms with van der Waals surface area (Å²) in [5.41, 5.74) is 3.58. The minimum absolute atomic E-state index is 0.798. The maximum Gasteiger partial charge on any atom is 0.137 e. The third-order valence-corrected chi connectivity index (χ3v) is 5.89. The molecule has 142 valence electrons. The van der Waals surface area contributed by atoms with E-state index < -0.39 is 0 Å². The number of hydrogen-bond donors (Lipinski definition) is 0. The minimum atomic E-state index is 0.798. The first-order valence-electron chi connectivity index (χ1n) is 9.74. The van der Waals surface area contributed by atoms with E-state index in [0.717, 1.165) is 34.8 Å². The van der Waals surface area contributed by atoms with E-state index in [-0.39, 0.29) is 0 Å². The predicted molar refractivity (Wildman–Crippen MR) is 114 cm³/mol. The fourth-order valence-electron chi connectivity index (χ4n) is 4.05. The Kier molecular flexibility index (Phi) is 5.91. The van der Waals surface area contributed by atoms with Crippen molar-refractivity contribution in [3.63, 3.8) is 0 Å². The highest BCUT2D eigenvalue weighted by molar-refractivity contribution is 9.10. The molecule has 1 aromatic carbocycles. The lowest BCUT2D eigenvalue weighted by atomic mass is 9.96. The number of aromatic nitrogens is 2. The second kappa shape index (κ2) is 8.55. The molecule has 5 heteroatoms. The lowest BCUT2D eigenvalue weighted by Gasteiger charge is -2.33. The Balaban J connectivity index is 1.25. The van der Waals surface area contributed by atoms with Gasteiger partial charge in [-0.15, -0.1) is 0 Å². The summed E-state index contributed by atoms with van der Waals surface area (Å²) in [6.07, 6.45) is 6.77. The number of piperidine rings is 1. The van der Waals surface area contributed by atoms with Gasteiger partial charge in [0.05, 0.1) is 5.69 Å². The SMILES string of the molecule is CN(Cc1ccccc1)CC1CCN(Cc2cn3cc(Br)ccc3n2)CC1. The van der Waals surface area contributed by atoms with Crippen LogP contribution in [-0.2, 0) is 13.1 Å². The summed E-state index contributed by atoms with van der Waals surface area (Å²) < 4.78 is 3.18. The van der Waals surface area contributed by atoms with Crippen LogP contribution >= 0.6 is 15.9 Å². The van der Waals surface area contributed by atoms with Gasteiger partial charge in [-0.3, -0.25) is 4.90 Å². The predicted octanol–water partition coefficient (Wildman–Crippen LogP) is 4.44. The molecule has 2 aromatic heterocycles. The van der Waals surface area contributed by atoms with E-state index in [1.807, 2.05) is 6.07 Å². The van der Waals surface area contributed by atoms with Crippen molar-refractivity contribution >= 4 is 21.6 Å². The van der Waals surface area contributed by atoms with Gasteiger partial charge < -0.3 is 9.30 Å². The number of rotatable bonds is 6. The largest absolute Gasteiger partial charge is 0.306 e. The van der Waals surface area contributed by atoms with E-state index in [1.54, 1.807) is 0 Å². The van der Waals surface area contributed by atoms with Crippen LogP contribution in [-0.4, -0.2) is 45.9 Å². The molecular formula is C22H27BrN4. The average molecular weight is 427 g/mol. The van der Waals surface area contributed by atoms with E-state index in [2.05, 4.69) is 86.0 Å². The smallest absolute Gasteiger partial charge is 0.137 e. The van der Waals surface area contributed by atoms with Gasteiger partial charge in [0.25, 0.3) is 0 Å². The van der Waals surface area contributed by atoms with E-state index in [1.165, 1.54) is 38.0 Å². The van der Waals surface area contributed by atoms with Crippen LogP contribution in [0.1, 0.15) is 24.1 Å². The van der Waals surface area contributed by atoms with Crippen LogP contribution < -0.4 is 0 Å². The van der Waals surface area contributed by atoms with Crippen LogP contribution in [0, 0.1) is 5.92 Å². The Morgan fingerprint density at radius 3 is 2.63 bits per heavy atom. The molecule has 1 saturated heterocycles. The van der Waals surface area contributed by atoms with Crippen LogP contribution in [0.4, 0.5) is 0 Å². The van der Waals surface area contributed by atoms with Crippen LogP contribution in [0.25, 0.3) is 5.65 Å². The van der Waals surface area contributed by atoms with Gasteiger partial charge in [0.2, 0.25) is 0 Å². The first-order chi connectivity index (χ1) is 13.2. The molecule has 3 heterocycles. The topological polar surface area (TPSA) is 23.8 Å². The summed E-state index contributed by atoms with van der Waals surface area (Å²) >= 11 is 3.52. The number of pyridine rings is 1. The van der Waals surface area contributed by atoms with Crippen LogP contribution in [0.2, 0.25) is 0 Å². The highest BCUT2D eigenvalue weighted by atomic mass is 79.9. The molecule has 0 bridgehead atoms. The molecule has 0 N–H and O–H groups in total. The first kappa shape index (κ1) is 18.7. The lowest BCUT2D eigenvalue weighted by molar-refractivity contribution is 0.146. The molecule has 0 unspecified atom stereocenters. The Labute approximate surface area is 169 Å². The highest BCUT2D eigenvalue weighted by Gasteiger charge is 2.21. The number of fused-ring (bicyclic) bond motifs is 1. The fourth-order valence-corrected chi connectivity index (χ4v) is 4.40. The molecule has 1 fully saturated rings. The molecule has 0 atom stereocenters. The molecule has 1 aliphatic heterocycles. The summed E-state index contributed by atoms with van der Waals surface area (Å²) in [6, 6.07) is 14.9. The molecule has 1 aliphatic rings. The quantitative estimate of drug-likeness (QED) is 0.581. The molecular weight excluding hydrogens is 400 g/mol. The zero-order valence-electron chi connectivity index (χ0n) is 15.9. The Morgan fingerprint density at radius 2 is 1.85 bits per heavy atom. The molecule has 0 spiro atoms. The second-order valence-corrected chi connectivity index (χ2v) is 8.66. The molecule has 0 amide bonds. The van der Waals surface area contributed by atoms with Gasteiger partial charge in [0.15, 0.2) is 0 Å². The normalized spacial score (nSPS) is 16.4. The zero-order valence-corrected chi connectivity index (χ0v) is 17.5. The number of nitrogens with zero attached hydrogens (tertiary/aromatic N) is 4. The third-order valence-electron chi connectivity index (χ3n) is 5.42. The second-order valence-electron chi connectivity index (χ2n) is 7.75. The molecule has 4 rings (SSSR count). The third kappa shape index (κ3) is 4.98. The number of likely N-dealkylation sites (tertiary alicyclic amines) is 1. The summed E-state index contributed by atoms with van der Waals surface area (Å²) in [5.74, 6) is 0.798. The summed E-state index contributed by atoms with van der Waals surface area (Å²) in [5, 5.41) is 0. The summed E-state index contributed by atoms with van der Waals surface area (Å²) in [6.45, 7) is 5.51. The van der Waals surface area contributed by atoms with Gasteiger partial charge >= 0.3 is 0 Å². The Hall–Kier alpha value is -1.69. The molecule has 0 aliphatic carbocycles. The fraction of sp³-hybridized carbons (Fsp3) is 0.409. The molecule has 0 saturated carbocycles. The van der Waals surface area contributed by atoms with Crippen molar-refractivity contribution in [2.75, 3.05) is 26.7 Å². The van der Waals surface area contributed by atoms with Gasteiger partial charge in [-0.2, -0.15) is 0 Å². The van der Waals surface area contributed by atoms with Gasteiger partial charge in [-0.25, -0.2) is 4.98 Å². The zero-order chi connectivity index (χ0) is 18.6. The molecule has 3 aromatic rings. The monoisotopic (exact) mass is 426 g/mol. The van der Waals surface area contributed by atoms with Crippen molar-refractivity contribution in [2.24, 2.45) is 5.92 Å². The Morgan fingerprint density at radius 1 is 1.07 bits per heavy atom. The van der Waals surface area contributed by atoms with Gasteiger partial charge in [0.1, 0.15) is 5.65 Å². The molecule has 27 heavy (non-hydrogen) atoms. The lowest BCUT2D eigenvalue weighted by Crippen LogP contribution is -2.37. The van der Waals surface area contributed by atoms with Crippen LogP contribution in [0.5, 0.6) is 0 Å². The number of halogens is 1.